The number of hydrazine groups is 1. The van der Waals surface area contributed by atoms with E-state index in [1.165, 1.54) is 10.1 Å². The number of rotatable bonds is 5. The lowest BCUT2D eigenvalue weighted by molar-refractivity contribution is -0.145. The predicted molar refractivity (Wildman–Crippen MR) is 95.7 cm³/mol. The summed E-state index contributed by atoms with van der Waals surface area (Å²) in [5.74, 6) is -0.356. The summed E-state index contributed by atoms with van der Waals surface area (Å²) >= 11 is 0. The van der Waals surface area contributed by atoms with Crippen molar-refractivity contribution in [2.75, 3.05) is 13.1 Å². The van der Waals surface area contributed by atoms with Crippen molar-refractivity contribution >= 4 is 17.8 Å². The second-order valence-electron chi connectivity index (χ2n) is 7.25. The van der Waals surface area contributed by atoms with Gasteiger partial charge < -0.3 is 4.90 Å². The Morgan fingerprint density at radius 3 is 2.74 bits per heavy atom. The molecule has 2 atom stereocenters. The fourth-order valence-corrected chi connectivity index (χ4v) is 3.92. The fourth-order valence-electron chi connectivity index (χ4n) is 3.92. The lowest BCUT2D eigenvalue weighted by Gasteiger charge is -2.33. The van der Waals surface area contributed by atoms with Crippen molar-refractivity contribution in [3.8, 4) is 0 Å². The van der Waals surface area contributed by atoms with Crippen molar-refractivity contribution in [3.05, 3.63) is 35.9 Å². The second-order valence-corrected chi connectivity index (χ2v) is 7.25. The van der Waals surface area contributed by atoms with Gasteiger partial charge in [-0.05, 0) is 31.2 Å². The SMILES string of the molecule is O=C(NN1CCCCC1=O)C1CCC2CN1C(=O)N2OCc1ccccc1. The predicted octanol–water partition coefficient (Wildman–Crippen LogP) is 1.43. The van der Waals surface area contributed by atoms with Crippen molar-refractivity contribution in [1.82, 2.24) is 20.4 Å². The topological polar surface area (TPSA) is 82.2 Å². The van der Waals surface area contributed by atoms with Gasteiger partial charge in [0.05, 0.1) is 6.04 Å². The smallest absolute Gasteiger partial charge is 0.309 e. The van der Waals surface area contributed by atoms with Crippen molar-refractivity contribution < 1.29 is 19.2 Å². The third-order valence-corrected chi connectivity index (χ3v) is 5.41. The quantitative estimate of drug-likeness (QED) is 0.848. The number of carbonyl (C=O) groups is 3. The number of fused-ring (bicyclic) bond motifs is 2. The molecule has 27 heavy (non-hydrogen) atoms. The van der Waals surface area contributed by atoms with Crippen LogP contribution in [0.3, 0.4) is 0 Å². The lowest BCUT2D eigenvalue weighted by Crippen LogP contribution is -2.56. The van der Waals surface area contributed by atoms with Crippen LogP contribution >= 0.6 is 0 Å². The van der Waals surface area contributed by atoms with E-state index in [9.17, 15) is 14.4 Å². The van der Waals surface area contributed by atoms with E-state index in [4.69, 9.17) is 4.84 Å². The minimum Gasteiger partial charge on any atom is -0.309 e. The molecule has 3 heterocycles. The first kappa shape index (κ1) is 17.8. The molecule has 8 heteroatoms. The number of hydrogen-bond donors (Lipinski definition) is 1. The van der Waals surface area contributed by atoms with E-state index in [-0.39, 0.29) is 23.9 Å². The van der Waals surface area contributed by atoms with Gasteiger partial charge >= 0.3 is 6.03 Å². The molecule has 0 aromatic heterocycles. The summed E-state index contributed by atoms with van der Waals surface area (Å²) in [5.41, 5.74) is 3.69. The van der Waals surface area contributed by atoms with Crippen molar-refractivity contribution in [2.45, 2.75) is 50.8 Å². The molecule has 144 valence electrons. The van der Waals surface area contributed by atoms with Crippen LogP contribution in [-0.2, 0) is 21.0 Å². The first-order chi connectivity index (χ1) is 13.1. The summed E-state index contributed by atoms with van der Waals surface area (Å²) in [6.45, 7) is 1.32. The van der Waals surface area contributed by atoms with Gasteiger partial charge in [-0.3, -0.25) is 24.9 Å². The van der Waals surface area contributed by atoms with Crippen LogP contribution in [0.25, 0.3) is 0 Å². The number of nitrogens with zero attached hydrogens (tertiary/aromatic N) is 3. The number of benzene rings is 1. The van der Waals surface area contributed by atoms with Crippen LogP contribution in [-0.4, -0.2) is 58.0 Å². The van der Waals surface area contributed by atoms with Crippen LogP contribution in [0.4, 0.5) is 4.79 Å². The largest absolute Gasteiger partial charge is 0.345 e. The Morgan fingerprint density at radius 1 is 1.15 bits per heavy atom. The van der Waals surface area contributed by atoms with Gasteiger partial charge in [-0.1, -0.05) is 30.3 Å². The van der Waals surface area contributed by atoms with E-state index >= 15 is 0 Å². The molecule has 2 bridgehead atoms. The van der Waals surface area contributed by atoms with Gasteiger partial charge in [-0.25, -0.2) is 4.79 Å². The Kier molecular flexibility index (Phi) is 4.98. The summed E-state index contributed by atoms with van der Waals surface area (Å²) in [6.07, 6.45) is 3.45. The third kappa shape index (κ3) is 3.62. The number of nitrogens with one attached hydrogen (secondary N) is 1. The average molecular weight is 372 g/mol. The maximum atomic E-state index is 12.7. The Bertz CT molecular complexity index is 726. The Labute approximate surface area is 158 Å². The molecule has 0 saturated carbocycles. The summed E-state index contributed by atoms with van der Waals surface area (Å²) in [7, 11) is 0. The van der Waals surface area contributed by atoms with E-state index in [0.717, 1.165) is 18.4 Å². The normalized spacial score (nSPS) is 25.1. The highest BCUT2D eigenvalue weighted by atomic mass is 16.7. The van der Waals surface area contributed by atoms with Gasteiger partial charge in [0.1, 0.15) is 12.6 Å². The zero-order chi connectivity index (χ0) is 18.8. The third-order valence-electron chi connectivity index (χ3n) is 5.41. The summed E-state index contributed by atoms with van der Waals surface area (Å²) < 4.78 is 0. The Morgan fingerprint density at radius 2 is 1.96 bits per heavy atom. The molecule has 2 unspecified atom stereocenters. The fraction of sp³-hybridized carbons (Fsp3) is 0.526. The van der Waals surface area contributed by atoms with E-state index in [2.05, 4.69) is 5.43 Å². The maximum Gasteiger partial charge on any atom is 0.345 e. The monoisotopic (exact) mass is 372 g/mol. The molecule has 8 nitrogen and oxygen atoms in total. The van der Waals surface area contributed by atoms with E-state index < -0.39 is 6.04 Å². The van der Waals surface area contributed by atoms with Crippen molar-refractivity contribution in [3.63, 3.8) is 0 Å². The highest BCUT2D eigenvalue weighted by molar-refractivity contribution is 5.90. The molecule has 3 saturated heterocycles. The zero-order valence-corrected chi connectivity index (χ0v) is 15.2. The molecule has 4 amide bonds. The van der Waals surface area contributed by atoms with Gasteiger partial charge in [0.15, 0.2) is 0 Å². The van der Waals surface area contributed by atoms with Crippen LogP contribution in [0.2, 0.25) is 0 Å². The highest BCUT2D eigenvalue weighted by Crippen LogP contribution is 2.30. The molecule has 3 aliphatic rings. The number of urea groups is 1. The Balaban J connectivity index is 1.37. The first-order valence-electron chi connectivity index (χ1n) is 9.51. The van der Waals surface area contributed by atoms with Crippen molar-refractivity contribution in [1.29, 1.82) is 0 Å². The molecule has 1 aromatic rings. The van der Waals surface area contributed by atoms with Crippen LogP contribution < -0.4 is 5.43 Å². The van der Waals surface area contributed by atoms with Gasteiger partial charge in [0.2, 0.25) is 5.91 Å². The second kappa shape index (κ2) is 7.56. The molecule has 0 spiro atoms. The van der Waals surface area contributed by atoms with Crippen LogP contribution in [0, 0.1) is 0 Å². The minimum absolute atomic E-state index is 0.0399. The molecule has 3 fully saturated rings. The zero-order valence-electron chi connectivity index (χ0n) is 15.2. The van der Waals surface area contributed by atoms with E-state index in [1.807, 2.05) is 30.3 Å². The average Bonchev–Trinajstić information content (AvgIpc) is 2.93. The summed E-state index contributed by atoms with van der Waals surface area (Å²) in [4.78, 5) is 44.6. The number of piperidine rings is 2. The van der Waals surface area contributed by atoms with Gasteiger partial charge in [-0.15, -0.1) is 0 Å². The minimum atomic E-state index is -0.561. The molecule has 1 aromatic carbocycles. The van der Waals surface area contributed by atoms with Crippen LogP contribution in [0.1, 0.15) is 37.7 Å². The molecule has 4 rings (SSSR count). The highest BCUT2D eigenvalue weighted by Gasteiger charge is 2.48. The number of amides is 4. The van der Waals surface area contributed by atoms with E-state index in [1.54, 1.807) is 4.90 Å². The number of carbonyl (C=O) groups excluding carboxylic acids is 3. The van der Waals surface area contributed by atoms with Gasteiger partial charge in [-0.2, -0.15) is 5.06 Å². The van der Waals surface area contributed by atoms with Gasteiger partial charge in [0.25, 0.3) is 5.91 Å². The molecule has 3 aliphatic heterocycles. The molecular formula is C19H24N4O4. The van der Waals surface area contributed by atoms with Gasteiger partial charge in [0, 0.05) is 19.5 Å². The number of hydrogen-bond acceptors (Lipinski definition) is 4. The lowest BCUT2D eigenvalue weighted by atomic mass is 10.0. The van der Waals surface area contributed by atoms with E-state index in [0.29, 0.717) is 39.0 Å². The van der Waals surface area contributed by atoms with Crippen LogP contribution in [0.15, 0.2) is 30.3 Å². The molecule has 0 aliphatic carbocycles. The maximum absolute atomic E-state index is 12.7. The van der Waals surface area contributed by atoms with Crippen LogP contribution in [0.5, 0.6) is 0 Å². The Hall–Kier alpha value is -2.61. The molecular weight excluding hydrogens is 348 g/mol. The number of hydroxylamine groups is 2. The first-order valence-corrected chi connectivity index (χ1v) is 9.51. The summed E-state index contributed by atoms with van der Waals surface area (Å²) in [6, 6.07) is 8.79. The molecule has 0 radical (unpaired) electrons. The molecule has 1 N–H and O–H groups in total. The van der Waals surface area contributed by atoms with Crippen molar-refractivity contribution in [2.24, 2.45) is 0 Å². The standard InChI is InChI=1S/C19H24N4O4/c24-17-8-4-5-11-22(17)20-18(25)16-10-9-15-12-21(16)19(26)23(15)27-13-14-6-2-1-3-7-14/h1-3,6-7,15-16H,4-5,8-13H2,(H,20,25). The summed E-state index contributed by atoms with van der Waals surface area (Å²) in [5, 5.41) is 2.80.